The molecule has 1 aromatic rings. The maximum Gasteiger partial charge on any atom is 0.143 e. The summed E-state index contributed by atoms with van der Waals surface area (Å²) in [6.45, 7) is 7.80. The standard InChI is InChI=1S/C12H18FNO/c1-7(2)9(4)15-12-5-8(3)10(13)6-11(12)14/h5-7,9H,14H2,1-4H3. The quantitative estimate of drug-likeness (QED) is 0.779. The van der Waals surface area contributed by atoms with E-state index in [1.165, 1.54) is 6.07 Å². The topological polar surface area (TPSA) is 35.2 Å². The lowest BCUT2D eigenvalue weighted by atomic mass is 10.1. The molecule has 1 unspecified atom stereocenters. The third-order valence-electron chi connectivity index (χ3n) is 2.54. The molecular formula is C12H18FNO. The molecule has 84 valence electrons. The van der Waals surface area contributed by atoms with Gasteiger partial charge in [0.15, 0.2) is 0 Å². The minimum absolute atomic E-state index is 0.0668. The number of ether oxygens (including phenoxy) is 1. The lowest BCUT2D eigenvalue weighted by molar-refractivity contribution is 0.171. The van der Waals surface area contributed by atoms with E-state index >= 15 is 0 Å². The Hall–Kier alpha value is -1.25. The van der Waals surface area contributed by atoms with Crippen LogP contribution in [0.5, 0.6) is 5.75 Å². The highest BCUT2D eigenvalue weighted by atomic mass is 19.1. The molecule has 0 aromatic heterocycles. The molecule has 1 atom stereocenters. The van der Waals surface area contributed by atoms with Crippen molar-refractivity contribution >= 4 is 5.69 Å². The van der Waals surface area contributed by atoms with Gasteiger partial charge in [-0.05, 0) is 31.4 Å². The van der Waals surface area contributed by atoms with Crippen molar-refractivity contribution in [2.45, 2.75) is 33.8 Å². The number of rotatable bonds is 3. The number of halogens is 1. The number of nitrogens with two attached hydrogens (primary N) is 1. The fourth-order valence-corrected chi connectivity index (χ4v) is 1.11. The zero-order valence-electron chi connectivity index (χ0n) is 9.67. The molecule has 0 radical (unpaired) electrons. The first-order chi connectivity index (χ1) is 6.91. The van der Waals surface area contributed by atoms with Gasteiger partial charge in [-0.25, -0.2) is 4.39 Å². The van der Waals surface area contributed by atoms with Crippen LogP contribution >= 0.6 is 0 Å². The van der Waals surface area contributed by atoms with Gasteiger partial charge in [-0.2, -0.15) is 0 Å². The fraction of sp³-hybridized carbons (Fsp3) is 0.500. The van der Waals surface area contributed by atoms with E-state index < -0.39 is 0 Å². The Morgan fingerprint density at radius 2 is 1.87 bits per heavy atom. The van der Waals surface area contributed by atoms with Gasteiger partial charge in [0.1, 0.15) is 11.6 Å². The minimum atomic E-state index is -0.294. The second kappa shape index (κ2) is 4.51. The second-order valence-corrected chi connectivity index (χ2v) is 4.21. The summed E-state index contributed by atoms with van der Waals surface area (Å²) < 4.78 is 18.8. The van der Waals surface area contributed by atoms with Crippen LogP contribution in [-0.2, 0) is 0 Å². The van der Waals surface area contributed by atoms with Gasteiger partial charge in [-0.1, -0.05) is 13.8 Å². The predicted molar refractivity (Wildman–Crippen MR) is 60.5 cm³/mol. The van der Waals surface area contributed by atoms with E-state index in [1.807, 2.05) is 6.92 Å². The van der Waals surface area contributed by atoms with Crippen molar-refractivity contribution in [3.8, 4) is 5.75 Å². The Morgan fingerprint density at radius 3 is 2.40 bits per heavy atom. The van der Waals surface area contributed by atoms with Crippen LogP contribution in [0.2, 0.25) is 0 Å². The van der Waals surface area contributed by atoms with Crippen molar-refractivity contribution in [3.05, 3.63) is 23.5 Å². The minimum Gasteiger partial charge on any atom is -0.488 e. The molecule has 0 amide bonds. The van der Waals surface area contributed by atoms with E-state index in [2.05, 4.69) is 13.8 Å². The van der Waals surface area contributed by atoms with E-state index in [9.17, 15) is 4.39 Å². The molecule has 0 aliphatic heterocycles. The van der Waals surface area contributed by atoms with Gasteiger partial charge in [0.05, 0.1) is 11.8 Å². The normalized spacial score (nSPS) is 12.9. The summed E-state index contributed by atoms with van der Waals surface area (Å²) in [6.07, 6.45) is 0.0668. The third-order valence-corrected chi connectivity index (χ3v) is 2.54. The van der Waals surface area contributed by atoms with E-state index in [-0.39, 0.29) is 11.9 Å². The van der Waals surface area contributed by atoms with Gasteiger partial charge < -0.3 is 10.5 Å². The van der Waals surface area contributed by atoms with Gasteiger partial charge in [0.2, 0.25) is 0 Å². The molecule has 2 N–H and O–H groups in total. The number of benzene rings is 1. The molecule has 1 aromatic carbocycles. The summed E-state index contributed by atoms with van der Waals surface area (Å²) in [5.74, 6) is 0.668. The number of hydrogen-bond acceptors (Lipinski definition) is 2. The Morgan fingerprint density at radius 1 is 1.27 bits per heavy atom. The zero-order chi connectivity index (χ0) is 11.6. The van der Waals surface area contributed by atoms with Gasteiger partial charge in [-0.15, -0.1) is 0 Å². The second-order valence-electron chi connectivity index (χ2n) is 4.21. The zero-order valence-corrected chi connectivity index (χ0v) is 9.67. The Balaban J connectivity index is 2.91. The van der Waals surface area contributed by atoms with Crippen LogP contribution in [0, 0.1) is 18.7 Å². The van der Waals surface area contributed by atoms with E-state index in [1.54, 1.807) is 13.0 Å². The molecule has 15 heavy (non-hydrogen) atoms. The summed E-state index contributed by atoms with van der Waals surface area (Å²) in [7, 11) is 0. The highest BCUT2D eigenvalue weighted by Gasteiger charge is 2.12. The molecule has 0 aliphatic rings. The molecule has 3 heteroatoms. The average molecular weight is 211 g/mol. The highest BCUT2D eigenvalue weighted by Crippen LogP contribution is 2.26. The first kappa shape index (κ1) is 11.8. The van der Waals surface area contributed by atoms with Gasteiger partial charge in [0.25, 0.3) is 0 Å². The molecule has 0 spiro atoms. The van der Waals surface area contributed by atoms with E-state index in [0.29, 0.717) is 22.9 Å². The lowest BCUT2D eigenvalue weighted by Crippen LogP contribution is -2.19. The van der Waals surface area contributed by atoms with Gasteiger partial charge in [-0.3, -0.25) is 0 Å². The molecule has 0 bridgehead atoms. The first-order valence-electron chi connectivity index (χ1n) is 5.14. The third kappa shape index (κ3) is 2.85. The predicted octanol–water partition coefficient (Wildman–Crippen LogP) is 3.14. The average Bonchev–Trinajstić information content (AvgIpc) is 2.13. The molecule has 0 saturated carbocycles. The Kier molecular flexibility index (Phi) is 3.56. The van der Waals surface area contributed by atoms with Crippen molar-refractivity contribution in [1.29, 1.82) is 0 Å². The van der Waals surface area contributed by atoms with Crippen LogP contribution < -0.4 is 10.5 Å². The van der Waals surface area contributed by atoms with Crippen LogP contribution in [0.25, 0.3) is 0 Å². The summed E-state index contributed by atoms with van der Waals surface area (Å²) in [6, 6.07) is 2.95. The summed E-state index contributed by atoms with van der Waals surface area (Å²) in [4.78, 5) is 0. The molecule has 0 aliphatic carbocycles. The molecular weight excluding hydrogens is 193 g/mol. The fourth-order valence-electron chi connectivity index (χ4n) is 1.11. The van der Waals surface area contributed by atoms with E-state index in [0.717, 1.165) is 0 Å². The summed E-state index contributed by atoms with van der Waals surface area (Å²) in [5.41, 5.74) is 6.58. The smallest absolute Gasteiger partial charge is 0.143 e. The van der Waals surface area contributed by atoms with Crippen LogP contribution in [0.15, 0.2) is 12.1 Å². The molecule has 0 fully saturated rings. The van der Waals surface area contributed by atoms with Crippen molar-refractivity contribution in [2.75, 3.05) is 5.73 Å². The van der Waals surface area contributed by atoms with Crippen LogP contribution in [0.3, 0.4) is 0 Å². The highest BCUT2D eigenvalue weighted by molar-refractivity contribution is 5.54. The van der Waals surface area contributed by atoms with Gasteiger partial charge >= 0.3 is 0 Å². The number of aryl methyl sites for hydroxylation is 1. The van der Waals surface area contributed by atoms with Crippen LogP contribution in [0.4, 0.5) is 10.1 Å². The largest absolute Gasteiger partial charge is 0.488 e. The number of anilines is 1. The van der Waals surface area contributed by atoms with Crippen molar-refractivity contribution < 1.29 is 9.13 Å². The van der Waals surface area contributed by atoms with Crippen LogP contribution in [0.1, 0.15) is 26.3 Å². The summed E-state index contributed by atoms with van der Waals surface area (Å²) >= 11 is 0. The first-order valence-corrected chi connectivity index (χ1v) is 5.14. The van der Waals surface area contributed by atoms with Gasteiger partial charge in [0, 0.05) is 6.07 Å². The summed E-state index contributed by atoms with van der Waals surface area (Å²) in [5, 5.41) is 0. The Bertz CT molecular complexity index is 350. The van der Waals surface area contributed by atoms with Crippen LogP contribution in [-0.4, -0.2) is 6.10 Å². The monoisotopic (exact) mass is 211 g/mol. The number of hydrogen-bond donors (Lipinski definition) is 1. The lowest BCUT2D eigenvalue weighted by Gasteiger charge is -2.19. The molecule has 2 nitrogen and oxygen atoms in total. The van der Waals surface area contributed by atoms with Crippen molar-refractivity contribution in [2.24, 2.45) is 5.92 Å². The number of nitrogen functional groups attached to an aromatic ring is 1. The van der Waals surface area contributed by atoms with Crippen molar-refractivity contribution in [3.63, 3.8) is 0 Å². The molecule has 1 rings (SSSR count). The maximum absolute atomic E-state index is 13.1. The SMILES string of the molecule is Cc1cc(OC(C)C(C)C)c(N)cc1F. The molecule has 0 saturated heterocycles. The van der Waals surface area contributed by atoms with Crippen molar-refractivity contribution in [1.82, 2.24) is 0 Å². The maximum atomic E-state index is 13.1. The molecule has 0 heterocycles. The van der Waals surface area contributed by atoms with E-state index in [4.69, 9.17) is 10.5 Å². The Labute approximate surface area is 90.2 Å².